The molecule has 0 aliphatic heterocycles. The van der Waals surface area contributed by atoms with Crippen molar-refractivity contribution in [3.63, 3.8) is 0 Å². The van der Waals surface area contributed by atoms with E-state index in [1.807, 2.05) is 13.0 Å². The zero-order chi connectivity index (χ0) is 14.4. The second-order valence-corrected chi connectivity index (χ2v) is 6.54. The number of aliphatic carboxylic acids is 1. The predicted molar refractivity (Wildman–Crippen MR) is 70.5 cm³/mol. The van der Waals surface area contributed by atoms with Gasteiger partial charge in [0.25, 0.3) is 0 Å². The zero-order valence-corrected chi connectivity index (χ0v) is 11.6. The summed E-state index contributed by atoms with van der Waals surface area (Å²) in [5.41, 5.74) is 0.0319. The van der Waals surface area contributed by atoms with Crippen molar-refractivity contribution in [1.82, 2.24) is 0 Å². The van der Waals surface area contributed by atoms with Gasteiger partial charge in [0, 0.05) is 17.8 Å². The number of hydrogen-bond donors (Lipinski definition) is 2. The summed E-state index contributed by atoms with van der Waals surface area (Å²) in [6.07, 6.45) is 4.90. The lowest BCUT2D eigenvalue weighted by Gasteiger charge is -2.41. The number of carbonyl (C=O) groups is 2. The third-order valence-corrected chi connectivity index (χ3v) is 4.44. The third kappa shape index (κ3) is 2.14. The maximum absolute atomic E-state index is 12.2. The Hall–Kier alpha value is -1.42. The van der Waals surface area contributed by atoms with Gasteiger partial charge in [0.15, 0.2) is 0 Å². The molecule has 0 bridgehead atoms. The van der Waals surface area contributed by atoms with E-state index in [1.165, 1.54) is 0 Å². The van der Waals surface area contributed by atoms with Gasteiger partial charge in [-0.15, -0.1) is 0 Å². The van der Waals surface area contributed by atoms with Crippen molar-refractivity contribution in [1.29, 1.82) is 0 Å². The van der Waals surface area contributed by atoms with Gasteiger partial charge in [-0.3, -0.25) is 4.79 Å². The highest BCUT2D eigenvalue weighted by Gasteiger charge is 2.51. The lowest BCUT2D eigenvalue weighted by atomic mass is 9.62. The van der Waals surface area contributed by atoms with Gasteiger partial charge in [-0.25, -0.2) is 4.79 Å². The van der Waals surface area contributed by atoms with E-state index in [1.54, 1.807) is 6.08 Å². The van der Waals surface area contributed by atoms with E-state index >= 15 is 0 Å². The van der Waals surface area contributed by atoms with E-state index in [2.05, 4.69) is 13.8 Å². The number of carboxylic acid groups (broad SMARTS) is 1. The van der Waals surface area contributed by atoms with Gasteiger partial charge < -0.3 is 10.2 Å². The van der Waals surface area contributed by atoms with E-state index in [0.717, 1.165) is 6.42 Å². The molecule has 4 nitrogen and oxygen atoms in total. The lowest BCUT2D eigenvalue weighted by Crippen LogP contribution is -2.37. The van der Waals surface area contributed by atoms with Crippen molar-refractivity contribution in [2.75, 3.05) is 6.61 Å². The molecule has 0 radical (unpaired) electrons. The maximum atomic E-state index is 12.2. The number of ketones is 1. The number of carbonyl (C=O) groups excluding carboxylic acids is 1. The molecule has 0 unspecified atom stereocenters. The maximum Gasteiger partial charge on any atom is 0.334 e. The van der Waals surface area contributed by atoms with Crippen LogP contribution in [-0.2, 0) is 9.59 Å². The highest BCUT2D eigenvalue weighted by molar-refractivity contribution is 5.91. The van der Waals surface area contributed by atoms with Gasteiger partial charge in [0.05, 0.1) is 12.2 Å². The average Bonchev–Trinajstić information content (AvgIpc) is 2.56. The number of rotatable bonds is 3. The van der Waals surface area contributed by atoms with E-state index < -0.39 is 18.0 Å². The minimum Gasteiger partial charge on any atom is -0.478 e. The van der Waals surface area contributed by atoms with Crippen molar-refractivity contribution in [3.8, 4) is 0 Å². The Labute approximate surface area is 112 Å². The number of carboxylic acids is 1. The Morgan fingerprint density at radius 3 is 2.37 bits per heavy atom. The van der Waals surface area contributed by atoms with Crippen LogP contribution in [0, 0.1) is 16.7 Å². The normalized spacial score (nSPS) is 35.2. The topological polar surface area (TPSA) is 74.6 Å². The fourth-order valence-corrected chi connectivity index (χ4v) is 3.31. The van der Waals surface area contributed by atoms with Crippen molar-refractivity contribution in [2.45, 2.75) is 33.6 Å². The minimum atomic E-state index is -1.11. The molecule has 2 aliphatic rings. The molecule has 4 heteroatoms. The van der Waals surface area contributed by atoms with Crippen LogP contribution in [0.2, 0.25) is 0 Å². The number of aliphatic hydroxyl groups excluding tert-OH is 1. The Balaban J connectivity index is 2.38. The fraction of sp³-hybridized carbons (Fsp3) is 0.600. The van der Waals surface area contributed by atoms with Crippen molar-refractivity contribution >= 4 is 11.8 Å². The Morgan fingerprint density at radius 2 is 2.05 bits per heavy atom. The largest absolute Gasteiger partial charge is 0.478 e. The van der Waals surface area contributed by atoms with Gasteiger partial charge in [-0.1, -0.05) is 32.9 Å². The molecule has 1 saturated carbocycles. The first-order valence-electron chi connectivity index (χ1n) is 6.51. The average molecular weight is 264 g/mol. The van der Waals surface area contributed by atoms with Crippen molar-refractivity contribution < 1.29 is 19.8 Å². The van der Waals surface area contributed by atoms with Gasteiger partial charge in [-0.2, -0.15) is 0 Å². The number of allylic oxidation sites excluding steroid dienone is 3. The van der Waals surface area contributed by atoms with Crippen LogP contribution in [-0.4, -0.2) is 28.6 Å². The summed E-state index contributed by atoms with van der Waals surface area (Å²) < 4.78 is 0. The van der Waals surface area contributed by atoms with E-state index in [0.29, 0.717) is 12.0 Å². The summed E-state index contributed by atoms with van der Waals surface area (Å²) in [5, 5.41) is 18.3. The van der Waals surface area contributed by atoms with Gasteiger partial charge in [0.1, 0.15) is 5.78 Å². The van der Waals surface area contributed by atoms with Crippen LogP contribution in [0.15, 0.2) is 23.3 Å². The van der Waals surface area contributed by atoms with Crippen molar-refractivity contribution in [3.05, 3.63) is 23.3 Å². The zero-order valence-electron chi connectivity index (χ0n) is 11.6. The molecule has 0 aromatic rings. The number of Topliss-reactive ketones (excluding diaryl/α,β-unsaturated/α-hetero) is 1. The molecule has 2 rings (SSSR count). The molecule has 0 heterocycles. The number of aliphatic hydroxyl groups is 1. The molecule has 2 N–H and O–H groups in total. The summed E-state index contributed by atoms with van der Waals surface area (Å²) in [4.78, 5) is 23.3. The summed E-state index contributed by atoms with van der Waals surface area (Å²) in [5.74, 6) is -1.10. The first kappa shape index (κ1) is 14.0. The van der Waals surface area contributed by atoms with Crippen LogP contribution in [0.25, 0.3) is 0 Å². The summed E-state index contributed by atoms with van der Waals surface area (Å²) >= 11 is 0. The molecule has 2 aliphatic carbocycles. The Bertz CT molecular complexity index is 498. The monoisotopic (exact) mass is 264 g/mol. The second kappa shape index (κ2) is 4.30. The van der Waals surface area contributed by atoms with Crippen molar-refractivity contribution in [2.24, 2.45) is 16.7 Å². The van der Waals surface area contributed by atoms with E-state index in [4.69, 9.17) is 5.11 Å². The molecule has 19 heavy (non-hydrogen) atoms. The van der Waals surface area contributed by atoms with Crippen LogP contribution >= 0.6 is 0 Å². The summed E-state index contributed by atoms with van der Waals surface area (Å²) in [7, 11) is 0. The van der Waals surface area contributed by atoms with Gasteiger partial charge in [0.2, 0.25) is 0 Å². The summed E-state index contributed by atoms with van der Waals surface area (Å²) in [6, 6.07) is 0. The van der Waals surface area contributed by atoms with Gasteiger partial charge in [-0.05, 0) is 17.4 Å². The van der Waals surface area contributed by atoms with E-state index in [9.17, 15) is 14.7 Å². The SMILES string of the molecule is CC1(C)CC(=O)[C@@H]([C@@]2(C)C=CC2=C(CO)C(=O)O)C1. The highest BCUT2D eigenvalue weighted by atomic mass is 16.4. The molecule has 0 aromatic heterocycles. The molecule has 104 valence electrons. The number of hydrogen-bond acceptors (Lipinski definition) is 3. The molecule has 0 aromatic carbocycles. The first-order valence-corrected chi connectivity index (χ1v) is 6.51. The highest BCUT2D eigenvalue weighted by Crippen LogP contribution is 2.54. The van der Waals surface area contributed by atoms with Crippen LogP contribution in [0.3, 0.4) is 0 Å². The smallest absolute Gasteiger partial charge is 0.334 e. The van der Waals surface area contributed by atoms with Crippen LogP contribution in [0.5, 0.6) is 0 Å². The molecule has 2 atom stereocenters. The van der Waals surface area contributed by atoms with Crippen LogP contribution in [0.4, 0.5) is 0 Å². The standard InChI is InChI=1S/C15H20O4/c1-14(2)6-11(12(17)7-14)15(3)5-4-10(15)9(8-16)13(18)19/h4-5,11,16H,6-8H2,1-3H3,(H,18,19)/t11-,15-/m0/s1. The van der Waals surface area contributed by atoms with Crippen LogP contribution < -0.4 is 0 Å². The lowest BCUT2D eigenvalue weighted by molar-refractivity contribution is -0.133. The fourth-order valence-electron chi connectivity index (χ4n) is 3.31. The third-order valence-electron chi connectivity index (χ3n) is 4.44. The molecule has 1 fully saturated rings. The van der Waals surface area contributed by atoms with Crippen LogP contribution in [0.1, 0.15) is 33.6 Å². The first-order chi connectivity index (χ1) is 8.71. The molecule has 0 amide bonds. The molecule has 0 spiro atoms. The summed E-state index contributed by atoms with van der Waals surface area (Å²) in [6.45, 7) is 5.51. The molecular formula is C15H20O4. The molecular weight excluding hydrogens is 244 g/mol. The minimum absolute atomic E-state index is 0.00232. The Morgan fingerprint density at radius 1 is 1.42 bits per heavy atom. The van der Waals surface area contributed by atoms with E-state index in [-0.39, 0.29) is 22.7 Å². The quantitative estimate of drug-likeness (QED) is 0.764. The predicted octanol–water partition coefficient (Wildman–Crippen LogP) is 1.94. The Kier molecular flexibility index (Phi) is 3.17. The molecule has 0 saturated heterocycles. The van der Waals surface area contributed by atoms with Gasteiger partial charge >= 0.3 is 5.97 Å². The second-order valence-electron chi connectivity index (χ2n) is 6.54.